The Morgan fingerprint density at radius 2 is 2.07 bits per heavy atom. The second-order valence-corrected chi connectivity index (χ2v) is 9.08. The Labute approximate surface area is 179 Å². The minimum absolute atomic E-state index is 0. The second-order valence-electron chi connectivity index (χ2n) is 8.16. The molecule has 4 rings (SSSR count). The van der Waals surface area contributed by atoms with Crippen LogP contribution in [0.15, 0.2) is 12.1 Å². The first-order valence-corrected chi connectivity index (χ1v) is 11.5. The Kier molecular flexibility index (Phi) is 7.24. The Hall–Kier alpha value is -1.57. The third kappa shape index (κ3) is 5.13. The average molecular weight is 441 g/mol. The second kappa shape index (κ2) is 9.49. The Balaban J connectivity index is 0.00000240. The molecule has 6 nitrogen and oxygen atoms in total. The lowest BCUT2D eigenvalue weighted by molar-refractivity contribution is 0.0922. The molecule has 2 fully saturated rings. The van der Waals surface area contributed by atoms with E-state index in [0.29, 0.717) is 36.1 Å². The SMILES string of the molecule is CCc1cc2c(c(C(=O)NC(CC3CC3)C3CCCN3)c1)OC(=S(=O)=O)CC2.Cl. The van der Waals surface area contributed by atoms with Crippen molar-refractivity contribution in [2.45, 2.75) is 70.4 Å². The van der Waals surface area contributed by atoms with E-state index in [4.69, 9.17) is 4.74 Å². The third-order valence-electron chi connectivity index (χ3n) is 6.06. The van der Waals surface area contributed by atoms with Crippen LogP contribution in [0.1, 0.15) is 66.9 Å². The first kappa shape index (κ1) is 22.1. The van der Waals surface area contributed by atoms with E-state index in [9.17, 15) is 13.2 Å². The number of carbonyl (C=O) groups excluding carboxylic acids is 1. The number of hydrogen-bond donors (Lipinski definition) is 2. The van der Waals surface area contributed by atoms with Crippen LogP contribution in [0, 0.1) is 5.92 Å². The molecule has 0 spiro atoms. The lowest BCUT2D eigenvalue weighted by Crippen LogP contribution is -2.47. The van der Waals surface area contributed by atoms with E-state index in [0.717, 1.165) is 43.4 Å². The molecule has 1 aromatic rings. The molecule has 1 amide bonds. The maximum atomic E-state index is 13.2. The van der Waals surface area contributed by atoms with E-state index in [1.54, 1.807) is 0 Å². The van der Waals surface area contributed by atoms with Crippen molar-refractivity contribution in [3.8, 4) is 5.75 Å². The third-order valence-corrected chi connectivity index (χ3v) is 6.72. The molecule has 2 unspecified atom stereocenters. The summed E-state index contributed by atoms with van der Waals surface area (Å²) in [7, 11) is -2.40. The largest absolute Gasteiger partial charge is 0.444 e. The van der Waals surface area contributed by atoms with Crippen LogP contribution in [0.3, 0.4) is 0 Å². The molecule has 1 aliphatic carbocycles. The van der Waals surface area contributed by atoms with Crippen LogP contribution < -0.4 is 15.4 Å². The van der Waals surface area contributed by atoms with E-state index in [1.165, 1.54) is 12.8 Å². The van der Waals surface area contributed by atoms with Crippen LogP contribution in [0.5, 0.6) is 5.75 Å². The molecule has 0 bridgehead atoms. The first-order valence-electron chi connectivity index (χ1n) is 10.4. The monoisotopic (exact) mass is 440 g/mol. The van der Waals surface area contributed by atoms with Gasteiger partial charge in [-0.25, -0.2) is 0 Å². The summed E-state index contributed by atoms with van der Waals surface area (Å²) in [5.41, 5.74) is 2.43. The minimum Gasteiger partial charge on any atom is -0.444 e. The molecule has 0 aromatic heterocycles. The quantitative estimate of drug-likeness (QED) is 0.664. The number of hydrogen-bond acceptors (Lipinski definition) is 5. The highest BCUT2D eigenvalue weighted by Crippen LogP contribution is 2.36. The van der Waals surface area contributed by atoms with E-state index in [-0.39, 0.29) is 29.4 Å². The smallest absolute Gasteiger partial charge is 0.255 e. The summed E-state index contributed by atoms with van der Waals surface area (Å²) in [6, 6.07) is 4.29. The van der Waals surface area contributed by atoms with Gasteiger partial charge in [-0.2, -0.15) is 8.42 Å². The van der Waals surface area contributed by atoms with Crippen molar-refractivity contribution < 1.29 is 17.9 Å². The summed E-state index contributed by atoms with van der Waals surface area (Å²) in [6.07, 6.45) is 7.44. The van der Waals surface area contributed by atoms with Crippen molar-refractivity contribution in [1.29, 1.82) is 0 Å². The van der Waals surface area contributed by atoms with Gasteiger partial charge in [-0.15, -0.1) is 12.4 Å². The minimum atomic E-state index is -2.40. The van der Waals surface area contributed by atoms with Gasteiger partial charge in [0.25, 0.3) is 16.2 Å². The number of benzene rings is 1. The summed E-state index contributed by atoms with van der Waals surface area (Å²) in [5, 5.41) is 6.78. The van der Waals surface area contributed by atoms with Crippen LogP contribution in [0.25, 0.3) is 0 Å². The van der Waals surface area contributed by atoms with Gasteiger partial charge in [0.1, 0.15) is 5.75 Å². The van der Waals surface area contributed by atoms with Gasteiger partial charge in [0.15, 0.2) is 0 Å². The summed E-state index contributed by atoms with van der Waals surface area (Å²) < 4.78 is 28.4. The molecule has 2 atom stereocenters. The molecule has 2 aliphatic heterocycles. The topological polar surface area (TPSA) is 84.5 Å². The summed E-state index contributed by atoms with van der Waals surface area (Å²) >= 11 is 0. The van der Waals surface area contributed by atoms with Gasteiger partial charge < -0.3 is 15.4 Å². The first-order chi connectivity index (χ1) is 13.5. The van der Waals surface area contributed by atoms with E-state index >= 15 is 0 Å². The van der Waals surface area contributed by atoms with Crippen molar-refractivity contribution in [3.63, 3.8) is 0 Å². The molecule has 29 heavy (non-hydrogen) atoms. The van der Waals surface area contributed by atoms with Crippen LogP contribution in [-0.4, -0.2) is 38.0 Å². The van der Waals surface area contributed by atoms with E-state index < -0.39 is 10.3 Å². The molecular formula is C21H29ClN2O4S. The highest BCUT2D eigenvalue weighted by molar-refractivity contribution is 7.72. The summed E-state index contributed by atoms with van der Waals surface area (Å²) in [4.78, 5) is 13.2. The van der Waals surface area contributed by atoms with Gasteiger partial charge in [0.05, 0.1) is 5.56 Å². The number of ether oxygens (including phenoxy) is 1. The zero-order valence-corrected chi connectivity index (χ0v) is 18.3. The lowest BCUT2D eigenvalue weighted by Gasteiger charge is -2.27. The average Bonchev–Trinajstić information content (AvgIpc) is 3.34. The highest BCUT2D eigenvalue weighted by Gasteiger charge is 2.33. The molecule has 3 aliphatic rings. The van der Waals surface area contributed by atoms with Gasteiger partial charge in [0, 0.05) is 18.5 Å². The van der Waals surface area contributed by atoms with Crippen LogP contribution >= 0.6 is 12.4 Å². The van der Waals surface area contributed by atoms with Gasteiger partial charge >= 0.3 is 0 Å². The van der Waals surface area contributed by atoms with E-state index in [1.807, 2.05) is 12.1 Å². The van der Waals surface area contributed by atoms with Crippen LogP contribution in [-0.2, 0) is 23.1 Å². The normalized spacial score (nSPS) is 21.6. The highest BCUT2D eigenvalue weighted by atomic mass is 35.5. The number of nitrogens with one attached hydrogen (secondary N) is 2. The van der Waals surface area contributed by atoms with Crippen LogP contribution in [0.2, 0.25) is 0 Å². The Morgan fingerprint density at radius 3 is 2.69 bits per heavy atom. The molecule has 2 N–H and O–H groups in total. The van der Waals surface area contributed by atoms with Crippen molar-refractivity contribution in [3.05, 3.63) is 28.8 Å². The molecule has 1 saturated heterocycles. The number of amides is 1. The van der Waals surface area contributed by atoms with Gasteiger partial charge in [-0.05, 0) is 61.8 Å². The Bertz CT molecular complexity index is 898. The van der Waals surface area contributed by atoms with E-state index in [2.05, 4.69) is 17.6 Å². The number of carbonyl (C=O) groups is 1. The fraction of sp³-hybridized carbons (Fsp3) is 0.619. The maximum absolute atomic E-state index is 13.2. The molecular weight excluding hydrogens is 412 g/mol. The number of halogens is 1. The fourth-order valence-electron chi connectivity index (χ4n) is 4.29. The molecule has 1 saturated carbocycles. The summed E-state index contributed by atoms with van der Waals surface area (Å²) in [6.45, 7) is 3.05. The predicted octanol–water partition coefficient (Wildman–Crippen LogP) is 2.66. The van der Waals surface area contributed by atoms with Gasteiger partial charge in [-0.3, -0.25) is 4.79 Å². The molecule has 1 aromatic carbocycles. The van der Waals surface area contributed by atoms with Crippen molar-refractivity contribution >= 4 is 33.7 Å². The van der Waals surface area contributed by atoms with Gasteiger partial charge in [-0.1, -0.05) is 25.8 Å². The molecule has 160 valence electrons. The maximum Gasteiger partial charge on any atom is 0.255 e. The van der Waals surface area contributed by atoms with Gasteiger partial charge in [0.2, 0.25) is 5.05 Å². The number of fused-ring (bicyclic) bond motifs is 1. The zero-order chi connectivity index (χ0) is 19.7. The van der Waals surface area contributed by atoms with Crippen molar-refractivity contribution in [2.24, 2.45) is 5.92 Å². The van der Waals surface area contributed by atoms with Crippen LogP contribution in [0.4, 0.5) is 0 Å². The molecule has 2 heterocycles. The van der Waals surface area contributed by atoms with Crippen molar-refractivity contribution in [1.82, 2.24) is 10.6 Å². The molecule has 0 radical (unpaired) electrons. The lowest BCUT2D eigenvalue weighted by atomic mass is 9.96. The Morgan fingerprint density at radius 1 is 1.28 bits per heavy atom. The molecule has 8 heteroatoms. The zero-order valence-electron chi connectivity index (χ0n) is 16.7. The standard InChI is InChI=1S/C21H28N2O4S.ClH/c1-2-13-10-15-7-8-19(28(25)26)27-20(15)16(11-13)21(24)23-18(12-14-5-6-14)17-4-3-9-22-17;/h10-11,14,17-18,22H,2-9,12H2,1H3,(H,23,24);1H. The number of rotatable bonds is 6. The number of aryl methyl sites for hydroxylation is 2. The predicted molar refractivity (Wildman–Crippen MR) is 116 cm³/mol. The van der Waals surface area contributed by atoms with Crippen molar-refractivity contribution in [2.75, 3.05) is 6.54 Å². The fourth-order valence-corrected chi connectivity index (χ4v) is 4.71. The summed E-state index contributed by atoms with van der Waals surface area (Å²) in [5.74, 6) is 0.955.